The van der Waals surface area contributed by atoms with Crippen LogP contribution < -0.4 is 5.43 Å². The van der Waals surface area contributed by atoms with E-state index in [2.05, 4.69) is 5.10 Å². The van der Waals surface area contributed by atoms with E-state index in [0.29, 0.717) is 10.6 Å². The first kappa shape index (κ1) is 9.54. The van der Waals surface area contributed by atoms with E-state index in [4.69, 9.17) is 16.7 Å². The van der Waals surface area contributed by atoms with Gasteiger partial charge in [0.1, 0.15) is 0 Å². The maximum atomic E-state index is 10.0. The first-order chi connectivity index (χ1) is 6.20. The number of carboxylic acid groups (broad SMARTS) is 1. The van der Waals surface area contributed by atoms with Gasteiger partial charge in [-0.15, -0.1) is 0 Å². The summed E-state index contributed by atoms with van der Waals surface area (Å²) in [5, 5.41) is 12.2. The van der Waals surface area contributed by atoms with E-state index >= 15 is 0 Å². The Labute approximate surface area is 79.8 Å². The minimum absolute atomic E-state index is 0.526. The standard InChI is InChI=1S/C8H7ClN2O2/c9-7-4-2-1-3-6(7)5-10-11-8(12)13/h1-5,11H,(H,12,13)/b10-5-. The van der Waals surface area contributed by atoms with Crippen molar-refractivity contribution in [3.05, 3.63) is 34.9 Å². The highest BCUT2D eigenvalue weighted by atomic mass is 35.5. The molecule has 4 nitrogen and oxygen atoms in total. The summed E-state index contributed by atoms with van der Waals surface area (Å²) in [4.78, 5) is 10.0. The van der Waals surface area contributed by atoms with Crippen LogP contribution in [0.25, 0.3) is 0 Å². The lowest BCUT2D eigenvalue weighted by Crippen LogP contribution is -2.13. The number of carbonyl (C=O) groups is 1. The number of nitrogens with zero attached hydrogens (tertiary/aromatic N) is 1. The molecule has 2 N–H and O–H groups in total. The molecule has 1 amide bonds. The summed E-state index contributed by atoms with van der Waals surface area (Å²) < 4.78 is 0. The average molecular weight is 199 g/mol. The predicted octanol–water partition coefficient (Wildman–Crippen LogP) is 1.94. The lowest BCUT2D eigenvalue weighted by Gasteiger charge is -1.95. The Balaban J connectivity index is 2.68. The van der Waals surface area contributed by atoms with Gasteiger partial charge in [-0.05, 0) is 6.07 Å². The first-order valence-electron chi connectivity index (χ1n) is 3.46. The Morgan fingerprint density at radius 2 is 2.23 bits per heavy atom. The van der Waals surface area contributed by atoms with E-state index in [1.165, 1.54) is 6.21 Å². The third kappa shape index (κ3) is 3.13. The molecule has 1 aromatic carbocycles. The van der Waals surface area contributed by atoms with Gasteiger partial charge in [-0.1, -0.05) is 29.8 Å². The van der Waals surface area contributed by atoms with Crippen molar-refractivity contribution in [3.63, 3.8) is 0 Å². The number of hydrogen-bond acceptors (Lipinski definition) is 2. The molecule has 5 heteroatoms. The monoisotopic (exact) mass is 198 g/mol. The van der Waals surface area contributed by atoms with Crippen LogP contribution in [-0.2, 0) is 0 Å². The van der Waals surface area contributed by atoms with Gasteiger partial charge in [0, 0.05) is 10.6 Å². The number of nitrogens with one attached hydrogen (secondary N) is 1. The van der Waals surface area contributed by atoms with Crippen molar-refractivity contribution in [1.29, 1.82) is 0 Å². The quantitative estimate of drug-likeness (QED) is 0.564. The maximum absolute atomic E-state index is 10.0. The fraction of sp³-hybridized carbons (Fsp3) is 0. The van der Waals surface area contributed by atoms with Crippen molar-refractivity contribution in [3.8, 4) is 0 Å². The van der Waals surface area contributed by atoms with E-state index in [-0.39, 0.29) is 0 Å². The molecule has 0 spiro atoms. The summed E-state index contributed by atoms with van der Waals surface area (Å²) in [6.45, 7) is 0. The summed E-state index contributed by atoms with van der Waals surface area (Å²) in [7, 11) is 0. The number of hydrogen-bond donors (Lipinski definition) is 2. The van der Waals surface area contributed by atoms with Gasteiger partial charge in [0.25, 0.3) is 0 Å². The van der Waals surface area contributed by atoms with Crippen molar-refractivity contribution < 1.29 is 9.90 Å². The first-order valence-corrected chi connectivity index (χ1v) is 3.84. The minimum atomic E-state index is -1.21. The fourth-order valence-electron chi connectivity index (χ4n) is 0.737. The van der Waals surface area contributed by atoms with Crippen LogP contribution in [-0.4, -0.2) is 17.4 Å². The lowest BCUT2D eigenvalue weighted by molar-refractivity contribution is 0.195. The van der Waals surface area contributed by atoms with Crippen LogP contribution >= 0.6 is 11.6 Å². The largest absolute Gasteiger partial charge is 0.464 e. The van der Waals surface area contributed by atoms with Crippen LogP contribution in [0.3, 0.4) is 0 Å². The van der Waals surface area contributed by atoms with Crippen LogP contribution in [0, 0.1) is 0 Å². The molecule has 0 aliphatic carbocycles. The molecule has 0 unspecified atom stereocenters. The van der Waals surface area contributed by atoms with Gasteiger partial charge in [-0.2, -0.15) is 5.10 Å². The number of amides is 1. The van der Waals surface area contributed by atoms with Crippen LogP contribution in [0.15, 0.2) is 29.4 Å². The highest BCUT2D eigenvalue weighted by Crippen LogP contribution is 2.11. The zero-order valence-electron chi connectivity index (χ0n) is 6.57. The van der Waals surface area contributed by atoms with Gasteiger partial charge in [-0.25, -0.2) is 10.2 Å². The third-order valence-corrected chi connectivity index (χ3v) is 1.61. The van der Waals surface area contributed by atoms with Gasteiger partial charge < -0.3 is 5.11 Å². The summed E-state index contributed by atoms with van der Waals surface area (Å²) in [6, 6.07) is 7.00. The van der Waals surface area contributed by atoms with Crippen molar-refractivity contribution in [1.82, 2.24) is 5.43 Å². The Kier molecular flexibility index (Phi) is 3.28. The van der Waals surface area contributed by atoms with Crippen LogP contribution in [0.1, 0.15) is 5.56 Å². The molecule has 0 aliphatic rings. The van der Waals surface area contributed by atoms with Crippen molar-refractivity contribution >= 4 is 23.9 Å². The van der Waals surface area contributed by atoms with Crippen molar-refractivity contribution in [2.24, 2.45) is 5.10 Å². The number of hydrazone groups is 1. The van der Waals surface area contributed by atoms with E-state index in [1.807, 2.05) is 5.43 Å². The van der Waals surface area contributed by atoms with Crippen LogP contribution in [0.4, 0.5) is 4.79 Å². The zero-order chi connectivity index (χ0) is 9.68. The molecule has 13 heavy (non-hydrogen) atoms. The van der Waals surface area contributed by atoms with Crippen molar-refractivity contribution in [2.45, 2.75) is 0 Å². The predicted molar refractivity (Wildman–Crippen MR) is 50.2 cm³/mol. The normalized spacial score (nSPS) is 10.2. The summed E-state index contributed by atoms with van der Waals surface area (Å²) in [5.74, 6) is 0. The molecule has 0 aliphatic heterocycles. The van der Waals surface area contributed by atoms with E-state index in [0.717, 1.165) is 0 Å². The second-order valence-electron chi connectivity index (χ2n) is 2.20. The molecular formula is C8H7ClN2O2. The van der Waals surface area contributed by atoms with Crippen LogP contribution in [0.2, 0.25) is 5.02 Å². The molecule has 0 radical (unpaired) electrons. The number of halogens is 1. The number of rotatable bonds is 2. The molecule has 1 aromatic rings. The van der Waals surface area contributed by atoms with Gasteiger partial charge in [0.15, 0.2) is 0 Å². The Morgan fingerprint density at radius 3 is 2.85 bits per heavy atom. The molecule has 0 fully saturated rings. The van der Waals surface area contributed by atoms with E-state index < -0.39 is 6.09 Å². The average Bonchev–Trinajstić information content (AvgIpc) is 2.08. The Morgan fingerprint density at radius 1 is 1.54 bits per heavy atom. The topological polar surface area (TPSA) is 61.7 Å². The lowest BCUT2D eigenvalue weighted by atomic mass is 10.2. The van der Waals surface area contributed by atoms with Crippen molar-refractivity contribution in [2.75, 3.05) is 0 Å². The second-order valence-corrected chi connectivity index (χ2v) is 2.60. The molecule has 68 valence electrons. The maximum Gasteiger partial charge on any atom is 0.425 e. The SMILES string of the molecule is O=C(O)N/N=C\c1ccccc1Cl. The number of benzene rings is 1. The summed E-state index contributed by atoms with van der Waals surface area (Å²) in [5.41, 5.74) is 2.51. The fourth-order valence-corrected chi connectivity index (χ4v) is 0.921. The molecule has 0 aromatic heterocycles. The highest BCUT2D eigenvalue weighted by Gasteiger charge is 1.94. The van der Waals surface area contributed by atoms with Crippen LogP contribution in [0.5, 0.6) is 0 Å². The highest BCUT2D eigenvalue weighted by molar-refractivity contribution is 6.33. The van der Waals surface area contributed by atoms with Gasteiger partial charge in [-0.3, -0.25) is 0 Å². The smallest absolute Gasteiger partial charge is 0.425 e. The molecule has 1 rings (SSSR count). The molecular weight excluding hydrogens is 192 g/mol. The van der Waals surface area contributed by atoms with Gasteiger partial charge in [0.05, 0.1) is 6.21 Å². The Hall–Kier alpha value is -1.55. The molecule has 0 atom stereocenters. The summed E-state index contributed by atoms with van der Waals surface area (Å²) in [6.07, 6.45) is 0.138. The third-order valence-electron chi connectivity index (χ3n) is 1.27. The molecule has 0 heterocycles. The van der Waals surface area contributed by atoms with Gasteiger partial charge in [0.2, 0.25) is 0 Å². The minimum Gasteiger partial charge on any atom is -0.464 e. The molecule has 0 saturated carbocycles. The molecule has 0 saturated heterocycles. The van der Waals surface area contributed by atoms with E-state index in [9.17, 15) is 4.79 Å². The Bertz CT molecular complexity index is 339. The van der Waals surface area contributed by atoms with E-state index in [1.54, 1.807) is 24.3 Å². The summed E-state index contributed by atoms with van der Waals surface area (Å²) >= 11 is 5.77. The molecule has 0 bridgehead atoms. The van der Waals surface area contributed by atoms with Gasteiger partial charge >= 0.3 is 6.09 Å². The second kappa shape index (κ2) is 4.47. The zero-order valence-corrected chi connectivity index (χ0v) is 7.32.